The third-order valence-electron chi connectivity index (χ3n) is 8.26. The van der Waals surface area contributed by atoms with E-state index in [2.05, 4.69) is 24.1 Å². The number of carbonyl (C=O) groups is 3. The maximum atomic E-state index is 13.5. The molecule has 1 aliphatic heterocycles. The highest BCUT2D eigenvalue weighted by Crippen LogP contribution is 2.45. The number of piperidine rings is 1. The van der Waals surface area contributed by atoms with E-state index in [-0.39, 0.29) is 24.3 Å². The number of ketones is 1. The summed E-state index contributed by atoms with van der Waals surface area (Å²) in [6, 6.07) is 12.4. The summed E-state index contributed by atoms with van der Waals surface area (Å²) in [6.07, 6.45) is 0.971. The number of carbonyl (C=O) groups excluding carboxylic acids is 3. The van der Waals surface area contributed by atoms with Crippen molar-refractivity contribution in [2.75, 3.05) is 31.1 Å². The average molecular weight is 632 g/mol. The number of ether oxygens (including phenoxy) is 2. The quantitative estimate of drug-likeness (QED) is 0.187. The van der Waals surface area contributed by atoms with E-state index in [1.807, 2.05) is 46.8 Å². The average Bonchev–Trinajstić information content (AvgIpc) is 2.98. The van der Waals surface area contributed by atoms with E-state index in [0.29, 0.717) is 22.4 Å². The minimum Gasteiger partial charge on any atom is -0.464 e. The van der Waals surface area contributed by atoms with Crippen LogP contribution < -0.4 is 10.2 Å². The number of halogens is 1. The van der Waals surface area contributed by atoms with Crippen molar-refractivity contribution < 1.29 is 28.2 Å². The van der Waals surface area contributed by atoms with Gasteiger partial charge in [-0.3, -0.25) is 14.6 Å². The van der Waals surface area contributed by atoms with Crippen LogP contribution in [-0.2, 0) is 14.3 Å². The zero-order valence-electron chi connectivity index (χ0n) is 28.3. The summed E-state index contributed by atoms with van der Waals surface area (Å²) in [6.45, 7) is 17.5. The van der Waals surface area contributed by atoms with Gasteiger partial charge in [0.25, 0.3) is 5.91 Å². The number of Topliss-reactive ketones (excluding diaryl/α,β-unsaturated/α-hetero) is 1. The molecule has 0 bridgehead atoms. The number of nitrogens with one attached hydrogen (secondary N) is 1. The Bertz CT molecular complexity index is 1570. The predicted molar refractivity (Wildman–Crippen MR) is 178 cm³/mol. The molecule has 1 atom stereocenters. The first-order chi connectivity index (χ1) is 21.6. The Morgan fingerprint density at radius 1 is 0.957 bits per heavy atom. The van der Waals surface area contributed by atoms with Crippen LogP contribution >= 0.6 is 0 Å². The van der Waals surface area contributed by atoms with Gasteiger partial charge in [0.05, 0.1) is 24.4 Å². The van der Waals surface area contributed by atoms with Crippen molar-refractivity contribution in [3.05, 3.63) is 82.4 Å². The molecule has 8 nitrogen and oxygen atoms in total. The van der Waals surface area contributed by atoms with Crippen molar-refractivity contribution in [3.8, 4) is 11.1 Å². The van der Waals surface area contributed by atoms with Crippen molar-refractivity contribution >= 4 is 23.3 Å². The number of rotatable bonds is 10. The van der Waals surface area contributed by atoms with E-state index in [1.165, 1.54) is 24.3 Å². The highest BCUT2D eigenvalue weighted by atomic mass is 19.1. The van der Waals surface area contributed by atoms with Crippen LogP contribution in [0.4, 0.5) is 10.1 Å². The molecule has 1 amide bonds. The van der Waals surface area contributed by atoms with E-state index in [4.69, 9.17) is 14.5 Å². The van der Waals surface area contributed by atoms with Crippen molar-refractivity contribution in [1.82, 2.24) is 10.3 Å². The normalized spacial score (nSPS) is 15.3. The highest BCUT2D eigenvalue weighted by Gasteiger charge is 2.37. The number of pyridine rings is 1. The Kier molecular flexibility index (Phi) is 10.7. The fraction of sp³-hybridized carbons (Fsp3) is 0.459. The Morgan fingerprint density at radius 2 is 1.54 bits per heavy atom. The SMILES string of the molecule is CCOC(=O)[C@@H](OC(C)(C)C)c1c(C)nc(C)c(-c2ccc(C(=O)NCC(=O)c3ccc(F)cc3)cc2)c1N1CCC(C)(C)CC1. The number of aromatic nitrogens is 1. The van der Waals surface area contributed by atoms with E-state index in [0.717, 1.165) is 48.4 Å². The van der Waals surface area contributed by atoms with E-state index < -0.39 is 29.4 Å². The molecule has 2 aromatic carbocycles. The molecule has 0 spiro atoms. The van der Waals surface area contributed by atoms with Gasteiger partial charge in [0.1, 0.15) is 5.82 Å². The van der Waals surface area contributed by atoms with Gasteiger partial charge in [-0.1, -0.05) is 26.0 Å². The molecule has 0 radical (unpaired) electrons. The molecule has 0 unspecified atom stereocenters. The van der Waals surface area contributed by atoms with Crippen LogP contribution in [0.3, 0.4) is 0 Å². The van der Waals surface area contributed by atoms with Crippen LogP contribution in [0.2, 0.25) is 0 Å². The second-order valence-corrected chi connectivity index (χ2v) is 13.6. The smallest absolute Gasteiger partial charge is 0.340 e. The van der Waals surface area contributed by atoms with Crippen LogP contribution in [0.1, 0.15) is 98.2 Å². The summed E-state index contributed by atoms with van der Waals surface area (Å²) in [5.74, 6) is -1.61. The van der Waals surface area contributed by atoms with Crippen molar-refractivity contribution in [2.24, 2.45) is 5.41 Å². The molecular formula is C37H46FN3O5. The molecule has 1 aromatic heterocycles. The van der Waals surface area contributed by atoms with Crippen LogP contribution in [0, 0.1) is 25.1 Å². The Hall–Kier alpha value is -4.11. The first-order valence-electron chi connectivity index (χ1n) is 15.9. The summed E-state index contributed by atoms with van der Waals surface area (Å²) in [7, 11) is 0. The predicted octanol–water partition coefficient (Wildman–Crippen LogP) is 7.16. The molecule has 1 fully saturated rings. The fourth-order valence-electron chi connectivity index (χ4n) is 5.75. The molecule has 0 saturated carbocycles. The van der Waals surface area contributed by atoms with E-state index in [1.54, 1.807) is 19.1 Å². The van der Waals surface area contributed by atoms with Crippen LogP contribution in [0.5, 0.6) is 0 Å². The molecule has 4 rings (SSSR count). The first kappa shape index (κ1) is 34.8. The first-order valence-corrected chi connectivity index (χ1v) is 15.9. The van der Waals surface area contributed by atoms with E-state index >= 15 is 0 Å². The van der Waals surface area contributed by atoms with Gasteiger partial charge < -0.3 is 19.7 Å². The van der Waals surface area contributed by atoms with Crippen LogP contribution in [0.15, 0.2) is 48.5 Å². The lowest BCUT2D eigenvalue weighted by Gasteiger charge is -2.41. The number of esters is 1. The number of amides is 1. The summed E-state index contributed by atoms with van der Waals surface area (Å²) in [5, 5.41) is 2.66. The lowest BCUT2D eigenvalue weighted by atomic mass is 9.81. The molecule has 246 valence electrons. The molecule has 1 N–H and O–H groups in total. The number of aryl methyl sites for hydroxylation is 2. The van der Waals surface area contributed by atoms with Gasteiger partial charge >= 0.3 is 5.97 Å². The Labute approximate surface area is 271 Å². The number of hydrogen-bond donors (Lipinski definition) is 1. The van der Waals surface area contributed by atoms with Gasteiger partial charge in [-0.2, -0.15) is 0 Å². The van der Waals surface area contributed by atoms with Gasteiger partial charge in [0.15, 0.2) is 11.9 Å². The van der Waals surface area contributed by atoms with Gasteiger partial charge in [0, 0.05) is 46.7 Å². The minimum atomic E-state index is -0.986. The van der Waals surface area contributed by atoms with E-state index in [9.17, 15) is 18.8 Å². The lowest BCUT2D eigenvalue weighted by molar-refractivity contribution is -0.166. The second-order valence-electron chi connectivity index (χ2n) is 13.6. The van der Waals surface area contributed by atoms with Crippen molar-refractivity contribution in [1.29, 1.82) is 0 Å². The molecule has 1 saturated heterocycles. The summed E-state index contributed by atoms with van der Waals surface area (Å²) < 4.78 is 25.2. The number of anilines is 1. The molecule has 3 aromatic rings. The van der Waals surface area contributed by atoms with Gasteiger partial charge in [-0.05, 0) is 102 Å². The van der Waals surface area contributed by atoms with Crippen molar-refractivity contribution in [2.45, 2.75) is 79.9 Å². The van der Waals surface area contributed by atoms with Gasteiger partial charge in [-0.25, -0.2) is 9.18 Å². The lowest BCUT2D eigenvalue weighted by Crippen LogP contribution is -2.39. The maximum absolute atomic E-state index is 13.5. The molecule has 9 heteroatoms. The van der Waals surface area contributed by atoms with Gasteiger partial charge in [-0.15, -0.1) is 0 Å². The van der Waals surface area contributed by atoms with Crippen LogP contribution in [-0.4, -0.2) is 54.5 Å². The van der Waals surface area contributed by atoms with Crippen LogP contribution in [0.25, 0.3) is 11.1 Å². The maximum Gasteiger partial charge on any atom is 0.340 e. The number of benzene rings is 2. The van der Waals surface area contributed by atoms with Crippen molar-refractivity contribution in [3.63, 3.8) is 0 Å². The number of hydrogen-bond acceptors (Lipinski definition) is 7. The monoisotopic (exact) mass is 631 g/mol. The minimum absolute atomic E-state index is 0.198. The fourth-order valence-corrected chi connectivity index (χ4v) is 5.75. The standard InChI is InChI=1S/C37H46FN3O5/c1-9-45-35(44)33(46-36(4,5)6)31-24(3)40-23(2)30(32(31)41-20-18-37(7,8)19-21-41)26-10-12-27(13-11-26)34(43)39-22-29(42)25-14-16-28(38)17-15-25/h10-17,33H,9,18-22H2,1-8H3,(H,39,43)/t33-/m0/s1. The zero-order chi connectivity index (χ0) is 33.8. The molecule has 46 heavy (non-hydrogen) atoms. The molecule has 2 heterocycles. The zero-order valence-corrected chi connectivity index (χ0v) is 28.3. The summed E-state index contributed by atoms with van der Waals surface area (Å²) >= 11 is 0. The molecular weight excluding hydrogens is 585 g/mol. The number of nitrogens with zero attached hydrogens (tertiary/aromatic N) is 2. The summed E-state index contributed by atoms with van der Waals surface area (Å²) in [4.78, 5) is 46.2. The molecule has 0 aliphatic carbocycles. The summed E-state index contributed by atoms with van der Waals surface area (Å²) in [5.41, 5.74) is 5.04. The largest absolute Gasteiger partial charge is 0.464 e. The van der Waals surface area contributed by atoms with Gasteiger partial charge in [0.2, 0.25) is 0 Å². The Balaban J connectivity index is 1.74. The second kappa shape index (κ2) is 14.1. The topological polar surface area (TPSA) is 97.8 Å². The molecule has 1 aliphatic rings. The Morgan fingerprint density at radius 3 is 2.11 bits per heavy atom. The third kappa shape index (κ3) is 8.37. The third-order valence-corrected chi connectivity index (χ3v) is 8.26. The highest BCUT2D eigenvalue weighted by molar-refractivity contribution is 6.02.